The van der Waals surface area contributed by atoms with E-state index < -0.39 is 0 Å². The van der Waals surface area contributed by atoms with Gasteiger partial charge in [-0.1, -0.05) is 67.1 Å². The van der Waals surface area contributed by atoms with Crippen LogP contribution in [-0.2, 0) is 6.54 Å². The maximum absolute atomic E-state index is 2.72. The number of hydrogen-bond donors (Lipinski definition) is 0. The van der Waals surface area contributed by atoms with Crippen LogP contribution in [0.5, 0.6) is 0 Å². The van der Waals surface area contributed by atoms with Crippen LogP contribution in [0.25, 0.3) is 0 Å². The van der Waals surface area contributed by atoms with Crippen molar-refractivity contribution < 1.29 is 0 Å². The van der Waals surface area contributed by atoms with Gasteiger partial charge in [-0.3, -0.25) is 4.90 Å². The van der Waals surface area contributed by atoms with Gasteiger partial charge in [-0.25, -0.2) is 0 Å². The second kappa shape index (κ2) is 7.50. The molecule has 0 bridgehead atoms. The van der Waals surface area contributed by atoms with Crippen molar-refractivity contribution in [2.45, 2.75) is 44.3 Å². The van der Waals surface area contributed by atoms with Crippen molar-refractivity contribution >= 4 is 0 Å². The van der Waals surface area contributed by atoms with Gasteiger partial charge in [0.25, 0.3) is 0 Å². The summed E-state index contributed by atoms with van der Waals surface area (Å²) < 4.78 is 0. The largest absolute Gasteiger partial charge is 0.302 e. The second-order valence-electron chi connectivity index (χ2n) is 7.34. The SMILES string of the molecule is c1ccc(CN2[C@H](CN3CCCCC3)C[C@@H]2c2ccccc2)cc1. The Bertz CT molecular complexity index is 619. The Hall–Kier alpha value is -1.64. The van der Waals surface area contributed by atoms with Gasteiger partial charge in [-0.2, -0.15) is 0 Å². The molecule has 2 aliphatic heterocycles. The van der Waals surface area contributed by atoms with Gasteiger partial charge in [-0.15, -0.1) is 0 Å². The number of benzene rings is 2. The Balaban J connectivity index is 1.47. The van der Waals surface area contributed by atoms with Crippen LogP contribution >= 0.6 is 0 Å². The van der Waals surface area contributed by atoms with Crippen molar-refractivity contribution in [1.82, 2.24) is 9.80 Å². The van der Waals surface area contributed by atoms with E-state index in [1.807, 2.05) is 0 Å². The Morgan fingerprint density at radius 1 is 0.792 bits per heavy atom. The van der Waals surface area contributed by atoms with Crippen LogP contribution in [0.2, 0.25) is 0 Å². The lowest BCUT2D eigenvalue weighted by Crippen LogP contribution is -2.55. The zero-order valence-corrected chi connectivity index (χ0v) is 14.5. The summed E-state index contributed by atoms with van der Waals surface area (Å²) >= 11 is 0. The van der Waals surface area contributed by atoms with Crippen LogP contribution in [-0.4, -0.2) is 35.5 Å². The fourth-order valence-electron chi connectivity index (χ4n) is 4.30. The molecule has 2 heterocycles. The molecule has 24 heavy (non-hydrogen) atoms. The molecule has 4 rings (SSSR count). The highest BCUT2D eigenvalue weighted by Gasteiger charge is 2.39. The van der Waals surface area contributed by atoms with E-state index >= 15 is 0 Å². The molecular formula is C22H28N2. The van der Waals surface area contributed by atoms with Crippen LogP contribution in [0.3, 0.4) is 0 Å². The lowest BCUT2D eigenvalue weighted by Gasteiger charge is -2.51. The molecule has 0 N–H and O–H groups in total. The van der Waals surface area contributed by atoms with E-state index in [-0.39, 0.29) is 0 Å². The summed E-state index contributed by atoms with van der Waals surface area (Å²) in [6, 6.07) is 23.3. The molecular weight excluding hydrogens is 292 g/mol. The van der Waals surface area contributed by atoms with Crippen LogP contribution in [0.15, 0.2) is 60.7 Å². The molecule has 2 heteroatoms. The summed E-state index contributed by atoms with van der Waals surface area (Å²) in [4.78, 5) is 5.41. The smallest absolute Gasteiger partial charge is 0.0370 e. The fourth-order valence-corrected chi connectivity index (χ4v) is 4.30. The molecule has 126 valence electrons. The summed E-state index contributed by atoms with van der Waals surface area (Å²) in [7, 11) is 0. The molecule has 2 aromatic rings. The van der Waals surface area contributed by atoms with E-state index in [9.17, 15) is 0 Å². The standard InChI is InChI=1S/C22H28N2/c1-4-10-19(11-5-1)17-24-21(18-23-14-8-3-9-15-23)16-22(24)20-12-6-2-7-13-20/h1-2,4-7,10-13,21-22H,3,8-9,14-18H2/t21-,22+/m0/s1. The molecule has 2 aromatic carbocycles. The zero-order valence-electron chi connectivity index (χ0n) is 14.5. The van der Waals surface area contributed by atoms with E-state index in [4.69, 9.17) is 0 Å². The summed E-state index contributed by atoms with van der Waals surface area (Å²) in [5.74, 6) is 0. The molecule has 2 saturated heterocycles. The number of hydrogen-bond acceptors (Lipinski definition) is 2. The first-order chi connectivity index (χ1) is 11.9. The number of piperidine rings is 1. The highest BCUT2D eigenvalue weighted by molar-refractivity contribution is 5.24. The monoisotopic (exact) mass is 320 g/mol. The van der Waals surface area contributed by atoms with Gasteiger partial charge in [-0.05, 0) is 43.5 Å². The average molecular weight is 320 g/mol. The van der Waals surface area contributed by atoms with Gasteiger partial charge < -0.3 is 4.90 Å². The first-order valence-corrected chi connectivity index (χ1v) is 9.47. The van der Waals surface area contributed by atoms with E-state index in [0.717, 1.165) is 6.54 Å². The maximum atomic E-state index is 2.72. The first kappa shape index (κ1) is 15.9. The second-order valence-corrected chi connectivity index (χ2v) is 7.34. The van der Waals surface area contributed by atoms with Crippen LogP contribution in [0.1, 0.15) is 42.9 Å². The van der Waals surface area contributed by atoms with Gasteiger partial charge >= 0.3 is 0 Å². The predicted octanol–water partition coefficient (Wildman–Crippen LogP) is 4.49. The molecule has 0 saturated carbocycles. The number of likely N-dealkylation sites (tertiary alicyclic amines) is 2. The van der Waals surface area contributed by atoms with Crippen molar-refractivity contribution in [2.24, 2.45) is 0 Å². The summed E-state index contributed by atoms with van der Waals surface area (Å²) in [6.07, 6.45) is 5.48. The van der Waals surface area contributed by atoms with Gasteiger partial charge in [0.1, 0.15) is 0 Å². The average Bonchev–Trinajstić information content (AvgIpc) is 2.65. The van der Waals surface area contributed by atoms with Crippen LogP contribution in [0.4, 0.5) is 0 Å². The van der Waals surface area contributed by atoms with Gasteiger partial charge in [0.05, 0.1) is 0 Å². The minimum absolute atomic E-state index is 0.584. The fraction of sp³-hybridized carbons (Fsp3) is 0.455. The van der Waals surface area contributed by atoms with Gasteiger partial charge in [0, 0.05) is 25.2 Å². The minimum atomic E-state index is 0.584. The molecule has 2 aliphatic rings. The van der Waals surface area contributed by atoms with Crippen molar-refractivity contribution in [3.8, 4) is 0 Å². The third-order valence-electron chi connectivity index (χ3n) is 5.67. The maximum Gasteiger partial charge on any atom is 0.0370 e. The van der Waals surface area contributed by atoms with E-state index in [2.05, 4.69) is 70.5 Å². The third-order valence-corrected chi connectivity index (χ3v) is 5.67. The molecule has 0 aliphatic carbocycles. The molecule has 0 radical (unpaired) electrons. The van der Waals surface area contributed by atoms with Crippen molar-refractivity contribution in [3.63, 3.8) is 0 Å². The third kappa shape index (κ3) is 3.55. The molecule has 0 spiro atoms. The molecule has 2 nitrogen and oxygen atoms in total. The van der Waals surface area contributed by atoms with Crippen molar-refractivity contribution in [2.75, 3.05) is 19.6 Å². The molecule has 2 fully saturated rings. The Morgan fingerprint density at radius 2 is 1.46 bits per heavy atom. The highest BCUT2D eigenvalue weighted by Crippen LogP contribution is 2.40. The highest BCUT2D eigenvalue weighted by atomic mass is 15.3. The Labute approximate surface area is 146 Å². The van der Waals surface area contributed by atoms with Gasteiger partial charge in [0.2, 0.25) is 0 Å². The van der Waals surface area contributed by atoms with E-state index in [0.29, 0.717) is 12.1 Å². The topological polar surface area (TPSA) is 6.48 Å². The minimum Gasteiger partial charge on any atom is -0.302 e. The van der Waals surface area contributed by atoms with E-state index in [1.54, 1.807) is 0 Å². The Kier molecular flexibility index (Phi) is 4.96. The molecule has 0 amide bonds. The number of nitrogens with zero attached hydrogens (tertiary/aromatic N) is 2. The summed E-state index contributed by atoms with van der Waals surface area (Å²) in [5, 5.41) is 0. The zero-order chi connectivity index (χ0) is 16.2. The van der Waals surface area contributed by atoms with Gasteiger partial charge in [0.15, 0.2) is 0 Å². The molecule has 0 unspecified atom stereocenters. The molecule has 2 atom stereocenters. The molecule has 0 aromatic heterocycles. The Morgan fingerprint density at radius 3 is 2.17 bits per heavy atom. The van der Waals surface area contributed by atoms with E-state index in [1.165, 1.54) is 56.4 Å². The normalized spacial score (nSPS) is 25.3. The first-order valence-electron chi connectivity index (χ1n) is 9.47. The number of rotatable bonds is 5. The van der Waals surface area contributed by atoms with Crippen molar-refractivity contribution in [3.05, 3.63) is 71.8 Å². The lowest BCUT2D eigenvalue weighted by atomic mass is 9.86. The van der Waals surface area contributed by atoms with Crippen molar-refractivity contribution in [1.29, 1.82) is 0 Å². The lowest BCUT2D eigenvalue weighted by molar-refractivity contribution is -0.0176. The summed E-state index contributed by atoms with van der Waals surface area (Å²) in [6.45, 7) is 4.91. The quantitative estimate of drug-likeness (QED) is 0.801. The van der Waals surface area contributed by atoms with Crippen LogP contribution in [0, 0.1) is 0 Å². The predicted molar refractivity (Wildman–Crippen MR) is 99.9 cm³/mol. The summed E-state index contributed by atoms with van der Waals surface area (Å²) in [5.41, 5.74) is 2.91. The van der Waals surface area contributed by atoms with Crippen LogP contribution < -0.4 is 0 Å².